The summed E-state index contributed by atoms with van der Waals surface area (Å²) in [5, 5.41) is 3.69. The van der Waals surface area contributed by atoms with Gasteiger partial charge in [-0.3, -0.25) is 0 Å². The number of rotatable bonds is 10. The fraction of sp³-hybridized carbons (Fsp3) is 0.379. The molecule has 1 unspecified atom stereocenters. The zero-order chi connectivity index (χ0) is 23.9. The Kier molecular flexibility index (Phi) is 8.09. The van der Waals surface area contributed by atoms with Gasteiger partial charge in [0.1, 0.15) is 23.9 Å². The number of hydrogen-bond donors (Lipinski definition) is 1. The van der Waals surface area contributed by atoms with Gasteiger partial charge in [0.2, 0.25) is 0 Å². The zero-order valence-electron chi connectivity index (χ0n) is 20.8. The summed E-state index contributed by atoms with van der Waals surface area (Å²) in [5.74, 6) is 2.63. The highest BCUT2D eigenvalue weighted by Crippen LogP contribution is 2.42. The van der Waals surface area contributed by atoms with Crippen molar-refractivity contribution in [1.29, 1.82) is 0 Å². The van der Waals surface area contributed by atoms with Gasteiger partial charge in [-0.05, 0) is 60.5 Å². The normalized spacial score (nSPS) is 15.1. The van der Waals surface area contributed by atoms with Crippen molar-refractivity contribution in [2.24, 2.45) is 0 Å². The van der Waals surface area contributed by atoms with Crippen molar-refractivity contribution in [3.8, 4) is 28.4 Å². The molecule has 0 aromatic heterocycles. The van der Waals surface area contributed by atoms with Crippen LogP contribution in [0.15, 0.2) is 60.7 Å². The predicted octanol–water partition coefficient (Wildman–Crippen LogP) is 5.33. The minimum absolute atomic E-state index is 0.0298. The summed E-state index contributed by atoms with van der Waals surface area (Å²) < 4.78 is 17.8. The van der Waals surface area contributed by atoms with Crippen LogP contribution in [0.2, 0.25) is 0 Å². The molecule has 0 saturated carbocycles. The SMILES string of the molecule is CCN(CC)CCOc1ccc2c(c1)CCNC2c1cc(OC)c(-c2ccccc2)cc1OC. The van der Waals surface area contributed by atoms with Gasteiger partial charge in [0, 0.05) is 24.2 Å². The number of nitrogens with one attached hydrogen (secondary N) is 1. The lowest BCUT2D eigenvalue weighted by Gasteiger charge is -2.29. The van der Waals surface area contributed by atoms with Crippen LogP contribution in [0.1, 0.15) is 36.6 Å². The maximum atomic E-state index is 6.09. The van der Waals surface area contributed by atoms with Crippen molar-refractivity contribution in [3.63, 3.8) is 0 Å². The van der Waals surface area contributed by atoms with Crippen molar-refractivity contribution >= 4 is 0 Å². The third-order valence-electron chi connectivity index (χ3n) is 6.69. The molecule has 1 aliphatic rings. The summed E-state index contributed by atoms with van der Waals surface area (Å²) in [7, 11) is 3.46. The molecule has 0 spiro atoms. The molecule has 5 nitrogen and oxygen atoms in total. The minimum Gasteiger partial charge on any atom is -0.496 e. The predicted molar refractivity (Wildman–Crippen MR) is 138 cm³/mol. The third-order valence-corrected chi connectivity index (χ3v) is 6.69. The van der Waals surface area contributed by atoms with E-state index in [1.807, 2.05) is 18.2 Å². The summed E-state index contributed by atoms with van der Waals surface area (Å²) in [5.41, 5.74) is 5.78. The number of nitrogens with zero attached hydrogens (tertiary/aromatic N) is 1. The molecule has 3 aromatic rings. The maximum Gasteiger partial charge on any atom is 0.127 e. The van der Waals surface area contributed by atoms with E-state index in [0.717, 1.165) is 66.5 Å². The first-order valence-corrected chi connectivity index (χ1v) is 12.2. The molecule has 5 heteroatoms. The second-order valence-electron chi connectivity index (χ2n) is 8.53. The van der Waals surface area contributed by atoms with Crippen LogP contribution in [0.5, 0.6) is 17.2 Å². The van der Waals surface area contributed by atoms with E-state index >= 15 is 0 Å². The Morgan fingerprint density at radius 3 is 2.35 bits per heavy atom. The van der Waals surface area contributed by atoms with Gasteiger partial charge < -0.3 is 24.4 Å². The first-order valence-electron chi connectivity index (χ1n) is 12.2. The van der Waals surface area contributed by atoms with E-state index in [0.29, 0.717) is 6.61 Å². The van der Waals surface area contributed by atoms with E-state index in [9.17, 15) is 0 Å². The van der Waals surface area contributed by atoms with Crippen LogP contribution in [0.4, 0.5) is 0 Å². The Bertz CT molecular complexity index is 1080. The van der Waals surface area contributed by atoms with Gasteiger partial charge >= 0.3 is 0 Å². The number of fused-ring (bicyclic) bond motifs is 1. The van der Waals surface area contributed by atoms with E-state index in [1.165, 1.54) is 11.1 Å². The first kappa shape index (κ1) is 24.1. The van der Waals surface area contributed by atoms with Crippen LogP contribution < -0.4 is 19.5 Å². The van der Waals surface area contributed by atoms with E-state index < -0.39 is 0 Å². The van der Waals surface area contributed by atoms with Crippen molar-refractivity contribution in [1.82, 2.24) is 10.2 Å². The van der Waals surface area contributed by atoms with Gasteiger partial charge in [0.25, 0.3) is 0 Å². The van der Waals surface area contributed by atoms with Crippen LogP contribution >= 0.6 is 0 Å². The summed E-state index contributed by atoms with van der Waals surface area (Å²) in [6.45, 7) is 9.01. The molecule has 1 heterocycles. The lowest BCUT2D eigenvalue weighted by Crippen LogP contribution is -2.31. The second kappa shape index (κ2) is 11.4. The molecule has 0 radical (unpaired) electrons. The zero-order valence-corrected chi connectivity index (χ0v) is 20.8. The van der Waals surface area contributed by atoms with Crippen molar-refractivity contribution in [2.75, 3.05) is 47.0 Å². The van der Waals surface area contributed by atoms with E-state index in [1.54, 1.807) is 14.2 Å². The number of benzene rings is 3. The second-order valence-corrected chi connectivity index (χ2v) is 8.53. The van der Waals surface area contributed by atoms with E-state index in [-0.39, 0.29) is 6.04 Å². The summed E-state index contributed by atoms with van der Waals surface area (Å²) in [6, 6.07) is 21.0. The molecule has 0 aliphatic carbocycles. The van der Waals surface area contributed by atoms with Gasteiger partial charge in [0.15, 0.2) is 0 Å². The highest BCUT2D eigenvalue weighted by atomic mass is 16.5. The summed E-state index contributed by atoms with van der Waals surface area (Å²) >= 11 is 0. The van der Waals surface area contributed by atoms with Crippen LogP contribution in [0, 0.1) is 0 Å². The van der Waals surface area contributed by atoms with Gasteiger partial charge in [-0.25, -0.2) is 0 Å². The molecule has 1 atom stereocenters. The van der Waals surface area contributed by atoms with Gasteiger partial charge in [0.05, 0.1) is 20.3 Å². The molecule has 0 fully saturated rings. The molecular formula is C29H36N2O3. The molecule has 34 heavy (non-hydrogen) atoms. The molecular weight excluding hydrogens is 424 g/mol. The molecule has 4 rings (SSSR count). The molecule has 1 N–H and O–H groups in total. The maximum absolute atomic E-state index is 6.09. The fourth-order valence-electron chi connectivity index (χ4n) is 4.73. The quantitative estimate of drug-likeness (QED) is 0.443. The lowest BCUT2D eigenvalue weighted by atomic mass is 9.88. The monoisotopic (exact) mass is 460 g/mol. The standard InChI is InChI=1S/C29H36N2O3/c1-5-31(6-2)16-17-34-23-12-13-24-22(18-23)14-15-30-29(24)26-20-27(32-3)25(19-28(26)33-4)21-10-8-7-9-11-21/h7-13,18-20,29-30H,5-6,14-17H2,1-4H3. The van der Waals surface area contributed by atoms with Gasteiger partial charge in [-0.15, -0.1) is 0 Å². The highest BCUT2D eigenvalue weighted by Gasteiger charge is 2.26. The summed E-state index contributed by atoms with van der Waals surface area (Å²) in [6.07, 6.45) is 0.973. The molecule has 1 aliphatic heterocycles. The van der Waals surface area contributed by atoms with Crippen LogP contribution in [-0.4, -0.2) is 51.9 Å². The van der Waals surface area contributed by atoms with E-state index in [2.05, 4.69) is 66.5 Å². The van der Waals surface area contributed by atoms with Gasteiger partial charge in [-0.1, -0.05) is 50.2 Å². The Morgan fingerprint density at radius 2 is 1.65 bits per heavy atom. The van der Waals surface area contributed by atoms with E-state index in [4.69, 9.17) is 14.2 Å². The van der Waals surface area contributed by atoms with Crippen LogP contribution in [0.3, 0.4) is 0 Å². The number of hydrogen-bond acceptors (Lipinski definition) is 5. The number of likely N-dealkylation sites (N-methyl/N-ethyl adjacent to an activating group) is 1. The smallest absolute Gasteiger partial charge is 0.127 e. The Labute approximate surface area is 203 Å². The first-order chi connectivity index (χ1) is 16.7. The molecule has 0 saturated heterocycles. The minimum atomic E-state index is 0.0298. The molecule has 0 bridgehead atoms. The van der Waals surface area contributed by atoms with Crippen molar-refractivity contribution in [3.05, 3.63) is 77.4 Å². The molecule has 180 valence electrons. The average Bonchev–Trinajstić information content (AvgIpc) is 2.90. The number of ether oxygens (including phenoxy) is 3. The van der Waals surface area contributed by atoms with Crippen LogP contribution in [0.25, 0.3) is 11.1 Å². The van der Waals surface area contributed by atoms with Crippen molar-refractivity contribution in [2.45, 2.75) is 26.3 Å². The number of methoxy groups -OCH3 is 2. The summed E-state index contributed by atoms with van der Waals surface area (Å²) in [4.78, 5) is 2.37. The van der Waals surface area contributed by atoms with Crippen molar-refractivity contribution < 1.29 is 14.2 Å². The largest absolute Gasteiger partial charge is 0.496 e. The Hall–Kier alpha value is -3.02. The average molecular weight is 461 g/mol. The topological polar surface area (TPSA) is 43.0 Å². The fourth-order valence-corrected chi connectivity index (χ4v) is 4.73. The Morgan fingerprint density at radius 1 is 0.882 bits per heavy atom. The lowest BCUT2D eigenvalue weighted by molar-refractivity contribution is 0.222. The molecule has 3 aromatic carbocycles. The molecule has 0 amide bonds. The van der Waals surface area contributed by atoms with Crippen LogP contribution in [-0.2, 0) is 6.42 Å². The Balaban J connectivity index is 1.62. The van der Waals surface area contributed by atoms with Gasteiger partial charge in [-0.2, -0.15) is 0 Å². The third kappa shape index (κ3) is 5.21. The highest BCUT2D eigenvalue weighted by molar-refractivity contribution is 5.73.